The van der Waals surface area contributed by atoms with Gasteiger partial charge in [0.2, 0.25) is 0 Å². The zero-order chi connectivity index (χ0) is 14.5. The van der Waals surface area contributed by atoms with Crippen LogP contribution in [0.4, 0.5) is 0 Å². The summed E-state index contributed by atoms with van der Waals surface area (Å²) in [5.74, 6) is -0.163. The second-order valence-corrected chi connectivity index (χ2v) is 4.84. The minimum atomic E-state index is -1.01. The Morgan fingerprint density at radius 2 is 2.10 bits per heavy atom. The number of carboxylic acids is 1. The molecule has 6 heteroatoms. The van der Waals surface area contributed by atoms with E-state index in [2.05, 4.69) is 20.9 Å². The Morgan fingerprint density at radius 3 is 2.70 bits per heavy atom. The van der Waals surface area contributed by atoms with Crippen molar-refractivity contribution in [3.63, 3.8) is 0 Å². The second kappa shape index (κ2) is 6.38. The van der Waals surface area contributed by atoms with E-state index in [-0.39, 0.29) is 12.2 Å². The van der Waals surface area contributed by atoms with E-state index >= 15 is 0 Å². The Bertz CT molecular complexity index is 613. The fraction of sp³-hybridized carbons (Fsp3) is 0.143. The normalized spacial score (nSPS) is 10.1. The molecule has 0 saturated heterocycles. The molecule has 0 aliphatic heterocycles. The molecule has 0 radical (unpaired) electrons. The van der Waals surface area contributed by atoms with Crippen LogP contribution in [0.25, 0.3) is 0 Å². The van der Waals surface area contributed by atoms with Crippen LogP contribution in [0.5, 0.6) is 11.5 Å². The highest BCUT2D eigenvalue weighted by Crippen LogP contribution is 2.28. The predicted molar refractivity (Wildman–Crippen MR) is 76.2 cm³/mol. The van der Waals surface area contributed by atoms with Crippen molar-refractivity contribution in [1.29, 1.82) is 0 Å². The monoisotopic (exact) mass is 337 g/mol. The molecule has 1 aromatic heterocycles. The molecule has 0 aliphatic carbocycles. The van der Waals surface area contributed by atoms with Crippen LogP contribution in [-0.2, 0) is 6.61 Å². The van der Waals surface area contributed by atoms with E-state index in [0.29, 0.717) is 11.5 Å². The SMILES string of the molecule is COc1ccc(C(=O)O)cc1OCc1ccc(Br)cn1. The van der Waals surface area contributed by atoms with E-state index < -0.39 is 5.97 Å². The highest BCUT2D eigenvalue weighted by Gasteiger charge is 2.10. The van der Waals surface area contributed by atoms with E-state index in [1.54, 1.807) is 12.3 Å². The van der Waals surface area contributed by atoms with Gasteiger partial charge in [-0.25, -0.2) is 4.79 Å². The van der Waals surface area contributed by atoms with Crippen LogP contribution in [0.15, 0.2) is 41.0 Å². The molecule has 0 saturated carbocycles. The molecular weight excluding hydrogens is 326 g/mol. The molecule has 5 nitrogen and oxygen atoms in total. The minimum Gasteiger partial charge on any atom is -0.493 e. The number of aromatic carboxylic acids is 1. The first-order valence-electron chi connectivity index (χ1n) is 5.74. The van der Waals surface area contributed by atoms with Crippen molar-refractivity contribution in [2.75, 3.05) is 7.11 Å². The third-order valence-corrected chi connectivity index (χ3v) is 3.04. The Labute approximate surface area is 124 Å². The molecule has 0 atom stereocenters. The van der Waals surface area contributed by atoms with E-state index in [1.807, 2.05) is 12.1 Å². The molecule has 1 aromatic carbocycles. The van der Waals surface area contributed by atoms with Crippen molar-refractivity contribution in [2.45, 2.75) is 6.61 Å². The molecule has 2 aromatic rings. The molecule has 20 heavy (non-hydrogen) atoms. The fourth-order valence-corrected chi connectivity index (χ4v) is 1.80. The molecule has 0 amide bonds. The second-order valence-electron chi connectivity index (χ2n) is 3.93. The third kappa shape index (κ3) is 3.48. The van der Waals surface area contributed by atoms with Crippen LogP contribution in [-0.4, -0.2) is 23.2 Å². The molecule has 0 bridgehead atoms. The number of halogens is 1. The Hall–Kier alpha value is -2.08. The molecule has 0 fully saturated rings. The summed E-state index contributed by atoms with van der Waals surface area (Å²) in [5, 5.41) is 8.97. The maximum absolute atomic E-state index is 11.0. The zero-order valence-electron chi connectivity index (χ0n) is 10.7. The van der Waals surface area contributed by atoms with E-state index in [0.717, 1.165) is 10.2 Å². The summed E-state index contributed by atoms with van der Waals surface area (Å²) in [7, 11) is 1.50. The topological polar surface area (TPSA) is 68.7 Å². The smallest absolute Gasteiger partial charge is 0.335 e. The first kappa shape index (κ1) is 14.3. The van der Waals surface area contributed by atoms with Gasteiger partial charge in [0.1, 0.15) is 6.61 Å². The van der Waals surface area contributed by atoms with Gasteiger partial charge in [0.25, 0.3) is 0 Å². The molecule has 0 aliphatic rings. The lowest BCUT2D eigenvalue weighted by molar-refractivity contribution is 0.0696. The quantitative estimate of drug-likeness (QED) is 0.907. The number of methoxy groups -OCH3 is 1. The number of aromatic nitrogens is 1. The van der Waals surface area contributed by atoms with Crippen LogP contribution >= 0.6 is 15.9 Å². The van der Waals surface area contributed by atoms with Gasteiger partial charge in [0, 0.05) is 10.7 Å². The van der Waals surface area contributed by atoms with Gasteiger partial charge in [-0.3, -0.25) is 4.98 Å². The van der Waals surface area contributed by atoms with Gasteiger partial charge in [0.05, 0.1) is 18.4 Å². The molecule has 0 unspecified atom stereocenters. The molecule has 1 N–H and O–H groups in total. The summed E-state index contributed by atoms with van der Waals surface area (Å²) < 4.78 is 11.6. The molecule has 0 spiro atoms. The van der Waals surface area contributed by atoms with E-state index in [1.165, 1.54) is 19.2 Å². The predicted octanol–water partition coefficient (Wildman–Crippen LogP) is 3.13. The maximum Gasteiger partial charge on any atom is 0.335 e. The number of benzene rings is 1. The van der Waals surface area contributed by atoms with Crippen molar-refractivity contribution < 1.29 is 19.4 Å². The Balaban J connectivity index is 2.16. The number of hydrogen-bond donors (Lipinski definition) is 1. The molecule has 1 heterocycles. The van der Waals surface area contributed by atoms with Gasteiger partial charge in [-0.15, -0.1) is 0 Å². The van der Waals surface area contributed by atoms with Gasteiger partial charge >= 0.3 is 5.97 Å². The summed E-state index contributed by atoms with van der Waals surface area (Å²) in [6.45, 7) is 0.229. The Morgan fingerprint density at radius 1 is 1.30 bits per heavy atom. The third-order valence-electron chi connectivity index (χ3n) is 2.57. The van der Waals surface area contributed by atoms with E-state index in [9.17, 15) is 4.79 Å². The average Bonchev–Trinajstić information content (AvgIpc) is 2.46. The summed E-state index contributed by atoms with van der Waals surface area (Å²) in [6, 6.07) is 8.13. The van der Waals surface area contributed by atoms with Gasteiger partial charge < -0.3 is 14.6 Å². The van der Waals surface area contributed by atoms with Gasteiger partial charge in [-0.05, 0) is 46.3 Å². The van der Waals surface area contributed by atoms with Crippen LogP contribution in [0, 0.1) is 0 Å². The highest BCUT2D eigenvalue weighted by atomic mass is 79.9. The Kier molecular flexibility index (Phi) is 4.57. The summed E-state index contributed by atoms with van der Waals surface area (Å²) in [4.78, 5) is 15.1. The van der Waals surface area contributed by atoms with Crippen molar-refractivity contribution in [2.24, 2.45) is 0 Å². The summed E-state index contributed by atoms with van der Waals surface area (Å²) in [6.07, 6.45) is 1.67. The average molecular weight is 338 g/mol. The fourth-order valence-electron chi connectivity index (χ4n) is 1.57. The van der Waals surface area contributed by atoms with Crippen LogP contribution in [0.2, 0.25) is 0 Å². The minimum absolute atomic E-state index is 0.143. The van der Waals surface area contributed by atoms with Crippen molar-refractivity contribution in [1.82, 2.24) is 4.98 Å². The number of ether oxygens (including phenoxy) is 2. The number of pyridine rings is 1. The largest absolute Gasteiger partial charge is 0.493 e. The van der Waals surface area contributed by atoms with Crippen molar-refractivity contribution in [3.8, 4) is 11.5 Å². The van der Waals surface area contributed by atoms with Crippen molar-refractivity contribution in [3.05, 3.63) is 52.3 Å². The molecule has 2 rings (SSSR count). The summed E-state index contributed by atoms with van der Waals surface area (Å²) in [5.41, 5.74) is 0.876. The lowest BCUT2D eigenvalue weighted by atomic mass is 10.2. The van der Waals surface area contributed by atoms with Gasteiger partial charge in [-0.1, -0.05) is 0 Å². The summed E-state index contributed by atoms with van der Waals surface area (Å²) >= 11 is 3.30. The lowest BCUT2D eigenvalue weighted by Gasteiger charge is -2.11. The van der Waals surface area contributed by atoms with Gasteiger partial charge in [-0.2, -0.15) is 0 Å². The van der Waals surface area contributed by atoms with E-state index in [4.69, 9.17) is 14.6 Å². The number of nitrogens with zero attached hydrogens (tertiary/aromatic N) is 1. The van der Waals surface area contributed by atoms with Crippen LogP contribution in [0.1, 0.15) is 16.1 Å². The zero-order valence-corrected chi connectivity index (χ0v) is 12.3. The van der Waals surface area contributed by atoms with Crippen LogP contribution in [0.3, 0.4) is 0 Å². The molecular formula is C14H12BrNO4. The first-order chi connectivity index (χ1) is 9.60. The highest BCUT2D eigenvalue weighted by molar-refractivity contribution is 9.10. The van der Waals surface area contributed by atoms with Gasteiger partial charge in [0.15, 0.2) is 11.5 Å². The number of hydrogen-bond acceptors (Lipinski definition) is 4. The molecule has 104 valence electrons. The number of rotatable bonds is 5. The van der Waals surface area contributed by atoms with Crippen molar-refractivity contribution >= 4 is 21.9 Å². The standard InChI is InChI=1S/C14H12BrNO4/c1-19-12-5-2-9(14(17)18)6-13(12)20-8-11-4-3-10(15)7-16-11/h2-7H,8H2,1H3,(H,17,18). The number of carboxylic acid groups (broad SMARTS) is 1. The van der Waals surface area contributed by atoms with Crippen LogP contribution < -0.4 is 9.47 Å². The number of carbonyl (C=O) groups is 1. The lowest BCUT2D eigenvalue weighted by Crippen LogP contribution is -2.02. The first-order valence-corrected chi connectivity index (χ1v) is 6.54. The maximum atomic E-state index is 11.0.